The van der Waals surface area contributed by atoms with Crippen molar-refractivity contribution in [3.63, 3.8) is 0 Å². The number of aromatic nitrogens is 1. The molecule has 1 aliphatic rings. The molecule has 0 aromatic carbocycles. The zero-order valence-electron chi connectivity index (χ0n) is 10.8. The third kappa shape index (κ3) is 2.79. The molecule has 2 N–H and O–H groups in total. The molecule has 1 aromatic heterocycles. The number of nitrogens with zero attached hydrogens (tertiary/aromatic N) is 2. The van der Waals surface area contributed by atoms with E-state index >= 15 is 0 Å². The fourth-order valence-corrected chi connectivity index (χ4v) is 2.44. The molecular weight excluding hydrogens is 230 g/mol. The van der Waals surface area contributed by atoms with Crippen molar-refractivity contribution >= 4 is 11.8 Å². The van der Waals surface area contributed by atoms with Crippen LogP contribution in [0.1, 0.15) is 12.5 Å². The summed E-state index contributed by atoms with van der Waals surface area (Å²) in [7, 11) is 1.45. The Hall–Kier alpha value is -1.62. The first-order valence-corrected chi connectivity index (χ1v) is 6.10. The van der Waals surface area contributed by atoms with E-state index in [1.807, 2.05) is 6.07 Å². The van der Waals surface area contributed by atoms with Crippen molar-refractivity contribution in [3.05, 3.63) is 23.9 Å². The van der Waals surface area contributed by atoms with Gasteiger partial charge in [-0.05, 0) is 17.5 Å². The van der Waals surface area contributed by atoms with E-state index in [0.29, 0.717) is 11.7 Å². The molecule has 0 amide bonds. The summed E-state index contributed by atoms with van der Waals surface area (Å²) in [5, 5.41) is 0. The molecule has 2 atom stereocenters. The monoisotopic (exact) mass is 249 g/mol. The SMILES string of the molecule is COC(=O)C1CN(Cc2ccc(N)nc2)CC1C. The van der Waals surface area contributed by atoms with Crippen molar-refractivity contribution in [1.82, 2.24) is 9.88 Å². The molecule has 1 aliphatic heterocycles. The average Bonchev–Trinajstić information content (AvgIpc) is 2.72. The number of pyridine rings is 1. The van der Waals surface area contributed by atoms with E-state index in [9.17, 15) is 4.79 Å². The number of carbonyl (C=O) groups excluding carboxylic acids is 1. The zero-order chi connectivity index (χ0) is 13.1. The van der Waals surface area contributed by atoms with Crippen LogP contribution in [-0.4, -0.2) is 36.1 Å². The molecule has 2 heterocycles. The highest BCUT2D eigenvalue weighted by Crippen LogP contribution is 2.25. The lowest BCUT2D eigenvalue weighted by atomic mass is 9.99. The van der Waals surface area contributed by atoms with Crippen LogP contribution >= 0.6 is 0 Å². The maximum absolute atomic E-state index is 11.6. The Bertz CT molecular complexity index is 419. The van der Waals surface area contributed by atoms with Crippen molar-refractivity contribution in [2.24, 2.45) is 11.8 Å². The summed E-state index contributed by atoms with van der Waals surface area (Å²) in [5.41, 5.74) is 6.66. The second-order valence-electron chi connectivity index (χ2n) is 4.89. The molecule has 5 heteroatoms. The van der Waals surface area contributed by atoms with Crippen molar-refractivity contribution in [2.75, 3.05) is 25.9 Å². The number of nitrogen functional groups attached to an aromatic ring is 1. The van der Waals surface area contributed by atoms with Gasteiger partial charge in [0.1, 0.15) is 5.82 Å². The van der Waals surface area contributed by atoms with Gasteiger partial charge in [0.05, 0.1) is 13.0 Å². The molecule has 2 unspecified atom stereocenters. The quantitative estimate of drug-likeness (QED) is 0.806. The highest BCUT2D eigenvalue weighted by Gasteiger charge is 2.35. The third-order valence-electron chi connectivity index (χ3n) is 3.45. The Morgan fingerprint density at radius 3 is 2.94 bits per heavy atom. The van der Waals surface area contributed by atoms with E-state index in [4.69, 9.17) is 10.5 Å². The lowest BCUT2D eigenvalue weighted by Crippen LogP contribution is -2.24. The van der Waals surface area contributed by atoms with Gasteiger partial charge < -0.3 is 10.5 Å². The number of anilines is 1. The molecule has 98 valence electrons. The van der Waals surface area contributed by atoms with Gasteiger partial charge in [0, 0.05) is 25.8 Å². The molecule has 0 spiro atoms. The van der Waals surface area contributed by atoms with Gasteiger partial charge in [-0.2, -0.15) is 0 Å². The fourth-order valence-electron chi connectivity index (χ4n) is 2.44. The Kier molecular flexibility index (Phi) is 3.81. The smallest absolute Gasteiger partial charge is 0.310 e. The first-order valence-electron chi connectivity index (χ1n) is 6.10. The molecule has 1 fully saturated rings. The van der Waals surface area contributed by atoms with Gasteiger partial charge in [-0.1, -0.05) is 13.0 Å². The van der Waals surface area contributed by atoms with E-state index in [-0.39, 0.29) is 11.9 Å². The topological polar surface area (TPSA) is 68.5 Å². The van der Waals surface area contributed by atoms with Gasteiger partial charge in [0.15, 0.2) is 0 Å². The molecule has 1 saturated heterocycles. The first kappa shape index (κ1) is 12.8. The van der Waals surface area contributed by atoms with Crippen LogP contribution in [0.4, 0.5) is 5.82 Å². The second kappa shape index (κ2) is 5.35. The van der Waals surface area contributed by atoms with Gasteiger partial charge >= 0.3 is 5.97 Å². The molecule has 0 bridgehead atoms. The maximum atomic E-state index is 11.6. The first-order chi connectivity index (χ1) is 8.60. The number of carbonyl (C=O) groups is 1. The minimum Gasteiger partial charge on any atom is -0.469 e. The predicted octanol–water partition coefficient (Wildman–Crippen LogP) is 0.905. The van der Waals surface area contributed by atoms with Gasteiger partial charge in [-0.15, -0.1) is 0 Å². The number of ether oxygens (including phenoxy) is 1. The van der Waals surface area contributed by atoms with Crippen LogP contribution in [0.2, 0.25) is 0 Å². The number of methoxy groups -OCH3 is 1. The summed E-state index contributed by atoms with van der Waals surface area (Å²) < 4.78 is 4.82. The highest BCUT2D eigenvalue weighted by atomic mass is 16.5. The Balaban J connectivity index is 1.96. The van der Waals surface area contributed by atoms with Gasteiger partial charge in [-0.3, -0.25) is 9.69 Å². The highest BCUT2D eigenvalue weighted by molar-refractivity contribution is 5.73. The second-order valence-corrected chi connectivity index (χ2v) is 4.89. The van der Waals surface area contributed by atoms with Gasteiger partial charge in [0.25, 0.3) is 0 Å². The van der Waals surface area contributed by atoms with Crippen LogP contribution in [0.5, 0.6) is 0 Å². The van der Waals surface area contributed by atoms with E-state index in [1.165, 1.54) is 7.11 Å². The van der Waals surface area contributed by atoms with Crippen LogP contribution in [0, 0.1) is 11.8 Å². The number of hydrogen-bond donors (Lipinski definition) is 1. The Labute approximate surface area is 107 Å². The van der Waals surface area contributed by atoms with Crippen molar-refractivity contribution in [3.8, 4) is 0 Å². The summed E-state index contributed by atoms with van der Waals surface area (Å²) in [6.45, 7) is 4.54. The number of likely N-dealkylation sites (tertiary alicyclic amines) is 1. The van der Waals surface area contributed by atoms with Crippen molar-refractivity contribution in [2.45, 2.75) is 13.5 Å². The zero-order valence-corrected chi connectivity index (χ0v) is 10.8. The van der Waals surface area contributed by atoms with Crippen LogP contribution < -0.4 is 5.73 Å². The third-order valence-corrected chi connectivity index (χ3v) is 3.45. The normalized spacial score (nSPS) is 24.1. The maximum Gasteiger partial charge on any atom is 0.310 e. The van der Waals surface area contributed by atoms with Gasteiger partial charge in [0.2, 0.25) is 0 Å². The molecule has 0 radical (unpaired) electrons. The van der Waals surface area contributed by atoms with Gasteiger partial charge in [-0.25, -0.2) is 4.98 Å². The summed E-state index contributed by atoms with van der Waals surface area (Å²) >= 11 is 0. The van der Waals surface area contributed by atoms with E-state index in [0.717, 1.165) is 25.2 Å². The molecule has 0 aliphatic carbocycles. The van der Waals surface area contributed by atoms with Crippen molar-refractivity contribution in [1.29, 1.82) is 0 Å². The van der Waals surface area contributed by atoms with Crippen molar-refractivity contribution < 1.29 is 9.53 Å². The summed E-state index contributed by atoms with van der Waals surface area (Å²) in [6.07, 6.45) is 1.78. The molecule has 0 saturated carbocycles. The fraction of sp³-hybridized carbons (Fsp3) is 0.538. The van der Waals surface area contributed by atoms with Crippen LogP contribution in [0.15, 0.2) is 18.3 Å². The lowest BCUT2D eigenvalue weighted by molar-refractivity contribution is -0.146. The number of rotatable bonds is 3. The Morgan fingerprint density at radius 2 is 2.33 bits per heavy atom. The van der Waals surface area contributed by atoms with Crippen LogP contribution in [0.3, 0.4) is 0 Å². The molecule has 2 rings (SSSR count). The number of esters is 1. The minimum absolute atomic E-state index is 0.0169. The van der Waals surface area contributed by atoms with E-state index in [2.05, 4.69) is 16.8 Å². The van der Waals surface area contributed by atoms with E-state index in [1.54, 1.807) is 12.3 Å². The summed E-state index contributed by atoms with van der Waals surface area (Å²) in [5.74, 6) is 0.734. The standard InChI is InChI=1S/C13H19N3O2/c1-9-6-16(8-11(9)13(17)18-2)7-10-3-4-12(14)15-5-10/h3-5,9,11H,6-8H2,1-2H3,(H2,14,15). The van der Waals surface area contributed by atoms with Crippen LogP contribution in [-0.2, 0) is 16.1 Å². The summed E-state index contributed by atoms with van der Waals surface area (Å²) in [4.78, 5) is 17.9. The number of hydrogen-bond acceptors (Lipinski definition) is 5. The Morgan fingerprint density at radius 1 is 1.56 bits per heavy atom. The van der Waals surface area contributed by atoms with E-state index < -0.39 is 0 Å². The lowest BCUT2D eigenvalue weighted by Gasteiger charge is -2.15. The predicted molar refractivity (Wildman–Crippen MR) is 68.6 cm³/mol. The minimum atomic E-state index is -0.111. The number of nitrogens with two attached hydrogens (primary N) is 1. The molecule has 1 aromatic rings. The summed E-state index contributed by atoms with van der Waals surface area (Å²) in [6, 6.07) is 3.77. The molecular formula is C13H19N3O2. The molecule has 5 nitrogen and oxygen atoms in total. The average molecular weight is 249 g/mol. The molecule has 18 heavy (non-hydrogen) atoms. The van der Waals surface area contributed by atoms with Crippen LogP contribution in [0.25, 0.3) is 0 Å². The largest absolute Gasteiger partial charge is 0.469 e.